The fourth-order valence-electron chi connectivity index (χ4n) is 2.33. The highest BCUT2D eigenvalue weighted by atomic mass is 35.5. The number of hydrogen-bond acceptors (Lipinski definition) is 3. The van der Waals surface area contributed by atoms with Gasteiger partial charge in [0.15, 0.2) is 0 Å². The summed E-state index contributed by atoms with van der Waals surface area (Å²) in [6.07, 6.45) is 10.2. The molecule has 0 spiro atoms. The normalized spacial score (nSPS) is 15.7. The van der Waals surface area contributed by atoms with E-state index in [0.29, 0.717) is 5.02 Å². The third kappa shape index (κ3) is 3.86. The van der Waals surface area contributed by atoms with Crippen molar-refractivity contribution in [3.63, 3.8) is 0 Å². The van der Waals surface area contributed by atoms with Gasteiger partial charge in [-0.3, -0.25) is 4.98 Å². The Hall–Kier alpha value is -1.32. The molecule has 1 heterocycles. The van der Waals surface area contributed by atoms with Crippen molar-refractivity contribution < 1.29 is 0 Å². The molecule has 5 radical (unpaired) electrons. The lowest BCUT2D eigenvalue weighted by Crippen LogP contribution is -2.26. The molecule has 3 rings (SSSR count). The zero-order valence-electron chi connectivity index (χ0n) is 11.6. The molecule has 1 aliphatic carbocycles. The summed E-state index contributed by atoms with van der Waals surface area (Å²) in [5, 5.41) is 8.66. The Morgan fingerprint density at radius 2 is 1.90 bits per heavy atom. The van der Waals surface area contributed by atoms with Gasteiger partial charge in [-0.05, 0) is 55.9 Å². The third-order valence-corrected chi connectivity index (χ3v) is 3.62. The van der Waals surface area contributed by atoms with Gasteiger partial charge in [-0.2, -0.15) is 0 Å². The minimum absolute atomic E-state index is 0.712. The highest BCUT2D eigenvalue weighted by Crippen LogP contribution is 2.24. The molecule has 0 atom stereocenters. The van der Waals surface area contributed by atoms with Crippen LogP contribution in [0.15, 0.2) is 30.5 Å². The van der Waals surface area contributed by atoms with Crippen molar-refractivity contribution in [2.24, 2.45) is 0 Å². The summed E-state index contributed by atoms with van der Waals surface area (Å²) in [4.78, 5) is 4.34. The lowest BCUT2D eigenvalue weighted by Gasteiger charge is -2.12. The molecule has 0 amide bonds. The number of nitrogens with one attached hydrogen (secondary N) is 2. The Morgan fingerprint density at radius 1 is 1.05 bits per heavy atom. The monoisotopic (exact) mass is 298 g/mol. The van der Waals surface area contributed by atoms with Crippen LogP contribution < -0.4 is 10.6 Å². The van der Waals surface area contributed by atoms with Gasteiger partial charge in [0.2, 0.25) is 0 Å². The lowest BCUT2D eigenvalue weighted by atomic mass is 10.1. The first kappa shape index (κ1) is 14.6. The van der Waals surface area contributed by atoms with E-state index in [1.807, 2.05) is 24.3 Å². The average molecular weight is 299 g/mol. The van der Waals surface area contributed by atoms with Crippen molar-refractivity contribution >= 4 is 28.2 Å². The molecule has 107 valence electrons. The van der Waals surface area contributed by atoms with E-state index in [1.165, 1.54) is 5.92 Å². The zero-order valence-corrected chi connectivity index (χ0v) is 12.4. The molecule has 1 aromatic heterocycles. The summed E-state index contributed by atoms with van der Waals surface area (Å²) in [7, 11) is 0. The predicted molar refractivity (Wildman–Crippen MR) is 88.6 cm³/mol. The molecular weight excluding hydrogens is 282 g/mol. The Kier molecular flexibility index (Phi) is 4.94. The second kappa shape index (κ2) is 7.10. The number of aromatic nitrogens is 1. The zero-order chi connectivity index (χ0) is 14.5. The maximum atomic E-state index is 6.00. The van der Waals surface area contributed by atoms with Crippen LogP contribution >= 0.6 is 11.6 Å². The van der Waals surface area contributed by atoms with Crippen LogP contribution in [0, 0.1) is 31.6 Å². The summed E-state index contributed by atoms with van der Waals surface area (Å²) < 4.78 is 0. The SMILES string of the molecule is Clc1ccc2c(NCCNC[C]3[CH][CH][CH][CH]3)ccnc2c1. The number of anilines is 1. The van der Waals surface area contributed by atoms with Gasteiger partial charge in [-0.15, -0.1) is 0 Å². The van der Waals surface area contributed by atoms with Crippen LogP contribution in [-0.2, 0) is 0 Å². The molecule has 0 bridgehead atoms. The molecule has 1 saturated carbocycles. The maximum absolute atomic E-state index is 6.00. The summed E-state index contributed by atoms with van der Waals surface area (Å²) >= 11 is 6.00. The van der Waals surface area contributed by atoms with E-state index < -0.39 is 0 Å². The van der Waals surface area contributed by atoms with Gasteiger partial charge in [0, 0.05) is 41.9 Å². The van der Waals surface area contributed by atoms with Crippen LogP contribution in [0.2, 0.25) is 5.02 Å². The number of halogens is 1. The van der Waals surface area contributed by atoms with E-state index in [-0.39, 0.29) is 0 Å². The third-order valence-electron chi connectivity index (χ3n) is 3.38. The summed E-state index contributed by atoms with van der Waals surface area (Å²) in [5.74, 6) is 1.32. The number of rotatable bonds is 6. The van der Waals surface area contributed by atoms with E-state index in [4.69, 9.17) is 11.6 Å². The second-order valence-electron chi connectivity index (χ2n) is 4.92. The van der Waals surface area contributed by atoms with Gasteiger partial charge in [-0.25, -0.2) is 0 Å². The molecule has 1 fully saturated rings. The van der Waals surface area contributed by atoms with Crippen molar-refractivity contribution in [2.45, 2.75) is 0 Å². The predicted octanol–water partition coefficient (Wildman–Crippen LogP) is 3.29. The molecular formula is C17H17ClN3. The smallest absolute Gasteiger partial charge is 0.0737 e. The molecule has 21 heavy (non-hydrogen) atoms. The van der Waals surface area contributed by atoms with Crippen LogP contribution in [0.5, 0.6) is 0 Å². The van der Waals surface area contributed by atoms with Crippen molar-refractivity contribution in [1.29, 1.82) is 0 Å². The minimum Gasteiger partial charge on any atom is -0.383 e. The van der Waals surface area contributed by atoms with Crippen molar-refractivity contribution in [2.75, 3.05) is 25.0 Å². The average Bonchev–Trinajstić information content (AvgIpc) is 3.00. The van der Waals surface area contributed by atoms with Gasteiger partial charge in [0.25, 0.3) is 0 Å². The summed E-state index contributed by atoms with van der Waals surface area (Å²) in [6.45, 7) is 2.67. The molecule has 0 unspecified atom stereocenters. The quantitative estimate of drug-likeness (QED) is 0.804. The fourth-order valence-corrected chi connectivity index (χ4v) is 2.49. The topological polar surface area (TPSA) is 37.0 Å². The molecule has 0 saturated heterocycles. The van der Waals surface area contributed by atoms with Crippen LogP contribution in [0.4, 0.5) is 5.69 Å². The van der Waals surface area contributed by atoms with Gasteiger partial charge in [0.1, 0.15) is 0 Å². The Balaban J connectivity index is 1.50. The van der Waals surface area contributed by atoms with Crippen molar-refractivity contribution in [1.82, 2.24) is 10.3 Å². The molecule has 0 aliphatic heterocycles. The first-order chi connectivity index (χ1) is 10.3. The van der Waals surface area contributed by atoms with Gasteiger partial charge >= 0.3 is 0 Å². The van der Waals surface area contributed by atoms with Crippen molar-refractivity contribution in [3.8, 4) is 0 Å². The van der Waals surface area contributed by atoms with Crippen molar-refractivity contribution in [3.05, 3.63) is 67.1 Å². The van der Waals surface area contributed by atoms with Crippen LogP contribution in [0.3, 0.4) is 0 Å². The Labute approximate surface area is 131 Å². The lowest BCUT2D eigenvalue weighted by molar-refractivity contribution is 0.728. The van der Waals surface area contributed by atoms with E-state index in [0.717, 1.165) is 36.2 Å². The molecule has 4 heteroatoms. The highest BCUT2D eigenvalue weighted by Gasteiger charge is 2.15. The first-order valence-corrected chi connectivity index (χ1v) is 7.40. The van der Waals surface area contributed by atoms with Crippen LogP contribution in [-0.4, -0.2) is 24.6 Å². The van der Waals surface area contributed by atoms with E-state index in [9.17, 15) is 0 Å². The van der Waals surface area contributed by atoms with Gasteiger partial charge in [0.05, 0.1) is 5.52 Å². The number of hydrogen-bond donors (Lipinski definition) is 2. The molecule has 1 aromatic carbocycles. The number of benzene rings is 1. The van der Waals surface area contributed by atoms with Crippen LogP contribution in [0.25, 0.3) is 10.9 Å². The number of nitrogens with zero attached hydrogens (tertiary/aromatic N) is 1. The summed E-state index contributed by atoms with van der Waals surface area (Å²) in [5.41, 5.74) is 2.00. The largest absolute Gasteiger partial charge is 0.383 e. The van der Waals surface area contributed by atoms with E-state index in [1.54, 1.807) is 6.20 Å². The fraction of sp³-hybridized carbons (Fsp3) is 0.176. The summed E-state index contributed by atoms with van der Waals surface area (Å²) in [6, 6.07) is 7.78. The Morgan fingerprint density at radius 3 is 2.76 bits per heavy atom. The van der Waals surface area contributed by atoms with Gasteiger partial charge in [-0.1, -0.05) is 11.6 Å². The Bertz CT molecular complexity index is 594. The first-order valence-electron chi connectivity index (χ1n) is 7.02. The molecule has 1 aliphatic rings. The molecule has 3 nitrogen and oxygen atoms in total. The molecule has 2 N–H and O–H groups in total. The van der Waals surface area contributed by atoms with Gasteiger partial charge < -0.3 is 10.6 Å². The molecule has 2 aromatic rings. The second-order valence-corrected chi connectivity index (χ2v) is 5.35. The standard InChI is InChI=1S/C17H17ClN3/c18-14-5-6-15-16(7-8-20-17(15)11-14)21-10-9-19-12-13-3-1-2-4-13/h1-8,11,19H,9-10,12H2,(H,20,21). The van der Waals surface area contributed by atoms with E-state index >= 15 is 0 Å². The number of pyridine rings is 1. The van der Waals surface area contributed by atoms with E-state index in [2.05, 4.69) is 41.3 Å². The number of fused-ring (bicyclic) bond motifs is 1. The maximum Gasteiger partial charge on any atom is 0.0737 e. The minimum atomic E-state index is 0.712. The highest BCUT2D eigenvalue weighted by molar-refractivity contribution is 6.31. The van der Waals surface area contributed by atoms with Crippen LogP contribution in [0.1, 0.15) is 0 Å².